The number of benzene rings is 2. The molecule has 1 saturated heterocycles. The Balaban J connectivity index is 1.43. The number of hydrogen-bond donors (Lipinski definition) is 1. The monoisotopic (exact) mass is 433 g/mol. The molecule has 1 N–H and O–H groups in total. The number of carbonyl (C=O) groups excluding carboxylic acids is 2. The van der Waals surface area contributed by atoms with Gasteiger partial charge in [-0.05, 0) is 36.9 Å². The van der Waals surface area contributed by atoms with Crippen molar-refractivity contribution in [3.05, 3.63) is 78.1 Å². The van der Waals surface area contributed by atoms with E-state index in [0.29, 0.717) is 24.3 Å². The fraction of sp³-hybridized carbons (Fsp3) is 0.292. The van der Waals surface area contributed by atoms with E-state index in [-0.39, 0.29) is 24.5 Å². The average molecular weight is 434 g/mol. The van der Waals surface area contributed by atoms with Crippen LogP contribution in [-0.2, 0) is 9.53 Å². The normalized spacial score (nSPS) is 16.7. The maximum atomic E-state index is 13.1. The van der Waals surface area contributed by atoms with Gasteiger partial charge in [0.1, 0.15) is 6.61 Å². The van der Waals surface area contributed by atoms with Crippen molar-refractivity contribution in [1.82, 2.24) is 19.6 Å². The Morgan fingerprint density at radius 2 is 1.84 bits per heavy atom. The zero-order valence-electron chi connectivity index (χ0n) is 18.3. The summed E-state index contributed by atoms with van der Waals surface area (Å²) in [5.74, 6) is -0.215. The summed E-state index contributed by atoms with van der Waals surface area (Å²) in [7, 11) is 3.57. The van der Waals surface area contributed by atoms with Gasteiger partial charge in [0.15, 0.2) is 0 Å². The molecule has 32 heavy (non-hydrogen) atoms. The first-order valence-electron chi connectivity index (χ1n) is 10.5. The van der Waals surface area contributed by atoms with Gasteiger partial charge in [-0.2, -0.15) is 5.10 Å². The van der Waals surface area contributed by atoms with Gasteiger partial charge in [0.05, 0.1) is 29.8 Å². The molecule has 8 nitrogen and oxygen atoms in total. The summed E-state index contributed by atoms with van der Waals surface area (Å²) in [5, 5.41) is 6.99. The molecule has 1 atom stereocenters. The number of hydrogen-bond acceptors (Lipinski definition) is 5. The lowest BCUT2D eigenvalue weighted by molar-refractivity contribution is -0.119. The van der Waals surface area contributed by atoms with Crippen molar-refractivity contribution >= 4 is 17.5 Å². The van der Waals surface area contributed by atoms with Gasteiger partial charge < -0.3 is 15.0 Å². The third kappa shape index (κ3) is 4.87. The van der Waals surface area contributed by atoms with E-state index in [1.54, 1.807) is 17.1 Å². The molecule has 0 spiro atoms. The number of nitrogens with one attached hydrogen (secondary N) is 1. The molecule has 2 aromatic carbocycles. The number of piperazine rings is 1. The molecule has 1 aliphatic heterocycles. The fourth-order valence-electron chi connectivity index (χ4n) is 3.89. The van der Waals surface area contributed by atoms with Crippen molar-refractivity contribution in [3.8, 4) is 5.69 Å². The number of methoxy groups -OCH3 is 1. The molecule has 1 aromatic heterocycles. The Kier molecular flexibility index (Phi) is 6.63. The summed E-state index contributed by atoms with van der Waals surface area (Å²) in [5.41, 5.74) is 3.24. The van der Waals surface area contributed by atoms with E-state index >= 15 is 0 Å². The largest absolute Gasteiger partial charge is 0.375 e. The molecule has 3 aromatic rings. The Bertz CT molecular complexity index is 1060. The quantitative estimate of drug-likeness (QED) is 0.646. The van der Waals surface area contributed by atoms with Gasteiger partial charge >= 0.3 is 0 Å². The first-order chi connectivity index (χ1) is 15.5. The maximum Gasteiger partial charge on any atom is 0.253 e. The van der Waals surface area contributed by atoms with E-state index in [9.17, 15) is 9.59 Å². The lowest BCUT2D eigenvalue weighted by atomic mass is 10.0. The number of likely N-dealkylation sites (N-methyl/N-ethyl adjacent to an activating group) is 1. The second kappa shape index (κ2) is 9.76. The molecule has 0 radical (unpaired) electrons. The molecule has 1 fully saturated rings. The minimum absolute atomic E-state index is 0.0145. The molecule has 2 amide bonds. The molecule has 0 bridgehead atoms. The smallest absolute Gasteiger partial charge is 0.253 e. The number of rotatable bonds is 6. The Labute approximate surface area is 187 Å². The van der Waals surface area contributed by atoms with Gasteiger partial charge in [0.2, 0.25) is 5.91 Å². The number of aromatic nitrogens is 2. The number of anilines is 1. The zero-order chi connectivity index (χ0) is 22.5. The number of ether oxygens (including phenoxy) is 1. The van der Waals surface area contributed by atoms with Crippen LogP contribution in [0.2, 0.25) is 0 Å². The Morgan fingerprint density at radius 3 is 2.56 bits per heavy atom. The molecule has 1 aliphatic rings. The summed E-state index contributed by atoms with van der Waals surface area (Å²) >= 11 is 0. The van der Waals surface area contributed by atoms with Crippen LogP contribution in [0.25, 0.3) is 5.69 Å². The zero-order valence-corrected chi connectivity index (χ0v) is 18.3. The molecule has 8 heteroatoms. The molecule has 166 valence electrons. The lowest BCUT2D eigenvalue weighted by Gasteiger charge is -2.39. The Morgan fingerprint density at radius 1 is 1.09 bits per heavy atom. The molecule has 0 saturated carbocycles. The molecule has 2 heterocycles. The summed E-state index contributed by atoms with van der Waals surface area (Å²) in [6.07, 6.45) is 3.29. The summed E-state index contributed by atoms with van der Waals surface area (Å²) in [6, 6.07) is 17.8. The van der Waals surface area contributed by atoms with Gasteiger partial charge in [0.25, 0.3) is 5.91 Å². The van der Waals surface area contributed by atoms with Crippen molar-refractivity contribution in [1.29, 1.82) is 0 Å². The predicted molar refractivity (Wildman–Crippen MR) is 122 cm³/mol. The third-order valence-corrected chi connectivity index (χ3v) is 5.64. The van der Waals surface area contributed by atoms with E-state index in [1.807, 2.05) is 47.4 Å². The number of carbonyl (C=O) groups is 2. The molecule has 4 rings (SSSR count). The third-order valence-electron chi connectivity index (χ3n) is 5.64. The first kappa shape index (κ1) is 21.7. The van der Waals surface area contributed by atoms with Crippen molar-refractivity contribution < 1.29 is 14.3 Å². The van der Waals surface area contributed by atoms with Gasteiger partial charge in [-0.3, -0.25) is 14.5 Å². The second-order valence-electron chi connectivity index (χ2n) is 7.86. The van der Waals surface area contributed by atoms with Crippen LogP contribution in [0.1, 0.15) is 22.0 Å². The summed E-state index contributed by atoms with van der Waals surface area (Å²) in [6.45, 7) is 2.17. The van der Waals surface area contributed by atoms with E-state index < -0.39 is 0 Å². The number of amides is 2. The second-order valence-corrected chi connectivity index (χ2v) is 7.86. The molecular formula is C24H27N5O3. The average Bonchev–Trinajstić information content (AvgIpc) is 3.28. The van der Waals surface area contributed by atoms with Crippen molar-refractivity contribution in [2.75, 3.05) is 45.7 Å². The van der Waals surface area contributed by atoms with E-state index in [4.69, 9.17) is 4.74 Å². The van der Waals surface area contributed by atoms with Crippen LogP contribution < -0.4 is 5.32 Å². The first-order valence-corrected chi connectivity index (χ1v) is 10.5. The van der Waals surface area contributed by atoms with Crippen LogP contribution in [0.4, 0.5) is 5.69 Å². The van der Waals surface area contributed by atoms with Crippen molar-refractivity contribution in [2.24, 2.45) is 0 Å². The summed E-state index contributed by atoms with van der Waals surface area (Å²) in [4.78, 5) is 29.0. The topological polar surface area (TPSA) is 79.7 Å². The van der Waals surface area contributed by atoms with Crippen LogP contribution in [0.3, 0.4) is 0 Å². The van der Waals surface area contributed by atoms with Crippen LogP contribution in [0.5, 0.6) is 0 Å². The standard InChI is InChI=1S/C24H27N5O3/c1-27-12-13-28(16-22(27)18-6-4-3-5-7-18)24(31)19-8-10-21(11-9-19)29-15-20(14-25-29)26-23(30)17-32-2/h3-11,14-15,22H,12-13,16-17H2,1-2H3,(H,26,30). The minimum atomic E-state index is -0.242. The van der Waals surface area contributed by atoms with E-state index in [0.717, 1.165) is 12.2 Å². The highest BCUT2D eigenvalue weighted by atomic mass is 16.5. The lowest BCUT2D eigenvalue weighted by Crippen LogP contribution is -2.49. The SMILES string of the molecule is COCC(=O)Nc1cnn(-c2ccc(C(=O)N3CCN(C)C(c4ccccc4)C3)cc2)c1. The van der Waals surface area contributed by atoms with Crippen molar-refractivity contribution in [2.45, 2.75) is 6.04 Å². The van der Waals surface area contributed by atoms with Crippen LogP contribution in [0, 0.1) is 0 Å². The van der Waals surface area contributed by atoms with E-state index in [2.05, 4.69) is 34.5 Å². The minimum Gasteiger partial charge on any atom is -0.375 e. The maximum absolute atomic E-state index is 13.1. The Hall–Kier alpha value is -3.49. The highest BCUT2D eigenvalue weighted by Gasteiger charge is 2.28. The highest BCUT2D eigenvalue weighted by Crippen LogP contribution is 2.25. The molecule has 0 aliphatic carbocycles. The summed E-state index contributed by atoms with van der Waals surface area (Å²) < 4.78 is 6.46. The molecular weight excluding hydrogens is 406 g/mol. The fourth-order valence-corrected chi connectivity index (χ4v) is 3.89. The van der Waals surface area contributed by atoms with Crippen LogP contribution >= 0.6 is 0 Å². The van der Waals surface area contributed by atoms with Crippen LogP contribution in [-0.4, -0.2) is 71.8 Å². The van der Waals surface area contributed by atoms with Gasteiger partial charge in [-0.15, -0.1) is 0 Å². The van der Waals surface area contributed by atoms with Gasteiger partial charge in [0, 0.05) is 32.3 Å². The van der Waals surface area contributed by atoms with Gasteiger partial charge in [-0.1, -0.05) is 30.3 Å². The van der Waals surface area contributed by atoms with Gasteiger partial charge in [-0.25, -0.2) is 4.68 Å². The number of nitrogens with zero attached hydrogens (tertiary/aromatic N) is 4. The predicted octanol–water partition coefficient (Wildman–Crippen LogP) is 2.59. The highest BCUT2D eigenvalue weighted by molar-refractivity contribution is 5.94. The van der Waals surface area contributed by atoms with Crippen LogP contribution in [0.15, 0.2) is 67.0 Å². The van der Waals surface area contributed by atoms with E-state index in [1.165, 1.54) is 12.7 Å². The molecule has 1 unspecified atom stereocenters. The van der Waals surface area contributed by atoms with Crippen molar-refractivity contribution in [3.63, 3.8) is 0 Å².